The summed E-state index contributed by atoms with van der Waals surface area (Å²) in [6.07, 6.45) is 7.31. The molecule has 1 aliphatic rings. The van der Waals surface area contributed by atoms with Crippen molar-refractivity contribution in [2.24, 2.45) is 0 Å². The molecule has 0 bridgehead atoms. The van der Waals surface area contributed by atoms with Gasteiger partial charge in [0.1, 0.15) is 12.2 Å². The summed E-state index contributed by atoms with van der Waals surface area (Å²) in [6, 6.07) is 7.90. The number of hydrogen-bond acceptors (Lipinski definition) is 6. The van der Waals surface area contributed by atoms with Gasteiger partial charge in [0.2, 0.25) is 5.91 Å². The zero-order chi connectivity index (χ0) is 20.7. The van der Waals surface area contributed by atoms with Crippen molar-refractivity contribution in [3.8, 4) is 11.4 Å². The molecule has 0 saturated carbocycles. The number of hydrogen-bond donors (Lipinski definition) is 1. The first-order valence-corrected chi connectivity index (χ1v) is 9.80. The number of fused-ring (bicyclic) bond motifs is 2. The zero-order valence-electron chi connectivity index (χ0n) is 16.5. The van der Waals surface area contributed by atoms with Gasteiger partial charge in [0, 0.05) is 57.0 Å². The quantitative estimate of drug-likeness (QED) is 0.567. The van der Waals surface area contributed by atoms with Gasteiger partial charge in [-0.1, -0.05) is 18.2 Å². The monoisotopic (exact) mass is 400 g/mol. The number of aromatic amines is 1. The van der Waals surface area contributed by atoms with Crippen LogP contribution < -0.4 is 5.56 Å². The van der Waals surface area contributed by atoms with Crippen LogP contribution in [0.2, 0.25) is 0 Å². The maximum Gasteiger partial charge on any atom is 0.255 e. The number of aromatic nitrogens is 5. The Hall–Kier alpha value is -3.65. The Kier molecular flexibility index (Phi) is 4.48. The fourth-order valence-corrected chi connectivity index (χ4v) is 4.05. The number of para-hydroxylation sites is 1. The summed E-state index contributed by atoms with van der Waals surface area (Å²) < 4.78 is 1.69. The molecule has 0 radical (unpaired) electrons. The summed E-state index contributed by atoms with van der Waals surface area (Å²) in [7, 11) is 0. The third kappa shape index (κ3) is 3.21. The lowest BCUT2D eigenvalue weighted by molar-refractivity contribution is 0.0941. The molecule has 30 heavy (non-hydrogen) atoms. The van der Waals surface area contributed by atoms with E-state index in [1.807, 2.05) is 30.5 Å². The molecule has 4 heterocycles. The maximum atomic E-state index is 12.7. The number of rotatable bonds is 3. The highest BCUT2D eigenvalue weighted by atomic mass is 16.1. The highest BCUT2D eigenvalue weighted by Gasteiger charge is 2.23. The Morgan fingerprint density at radius 2 is 2.00 bits per heavy atom. The van der Waals surface area contributed by atoms with E-state index in [-0.39, 0.29) is 11.5 Å². The van der Waals surface area contributed by atoms with Crippen LogP contribution >= 0.6 is 0 Å². The molecule has 8 nitrogen and oxygen atoms in total. The molecule has 0 unspecified atom stereocenters. The average molecular weight is 400 g/mol. The number of carbonyl (C=O) groups is 1. The first kappa shape index (κ1) is 18.4. The third-order valence-electron chi connectivity index (χ3n) is 5.51. The Balaban J connectivity index is 1.44. The van der Waals surface area contributed by atoms with Gasteiger partial charge in [0.25, 0.3) is 5.56 Å². The van der Waals surface area contributed by atoms with Crippen LogP contribution in [0.25, 0.3) is 22.3 Å². The van der Waals surface area contributed by atoms with E-state index in [1.54, 1.807) is 23.9 Å². The van der Waals surface area contributed by atoms with Gasteiger partial charge in [-0.3, -0.25) is 19.1 Å². The number of nitrogens with zero attached hydrogens (tertiary/aromatic N) is 5. The van der Waals surface area contributed by atoms with Crippen LogP contribution in [0.4, 0.5) is 0 Å². The minimum atomic E-state index is -0.130. The zero-order valence-corrected chi connectivity index (χ0v) is 16.5. The van der Waals surface area contributed by atoms with Crippen molar-refractivity contribution in [1.29, 1.82) is 0 Å². The van der Waals surface area contributed by atoms with Crippen LogP contribution in [0, 0.1) is 0 Å². The van der Waals surface area contributed by atoms with Crippen molar-refractivity contribution >= 4 is 16.8 Å². The summed E-state index contributed by atoms with van der Waals surface area (Å²) in [4.78, 5) is 42.5. The van der Waals surface area contributed by atoms with Crippen molar-refractivity contribution in [3.05, 3.63) is 76.4 Å². The van der Waals surface area contributed by atoms with Gasteiger partial charge in [-0.25, -0.2) is 15.0 Å². The third-order valence-corrected chi connectivity index (χ3v) is 5.51. The predicted molar refractivity (Wildman–Crippen MR) is 112 cm³/mol. The first-order chi connectivity index (χ1) is 14.6. The second-order valence-corrected chi connectivity index (χ2v) is 7.49. The Morgan fingerprint density at radius 3 is 2.80 bits per heavy atom. The molecule has 0 amide bonds. The van der Waals surface area contributed by atoms with E-state index >= 15 is 0 Å². The molecule has 0 aliphatic carbocycles. The van der Waals surface area contributed by atoms with E-state index in [0.717, 1.165) is 28.7 Å². The fourth-order valence-electron chi connectivity index (χ4n) is 4.05. The van der Waals surface area contributed by atoms with E-state index in [4.69, 9.17) is 0 Å². The van der Waals surface area contributed by atoms with E-state index < -0.39 is 0 Å². The van der Waals surface area contributed by atoms with Gasteiger partial charge >= 0.3 is 0 Å². The van der Waals surface area contributed by atoms with E-state index in [9.17, 15) is 9.59 Å². The van der Waals surface area contributed by atoms with Crippen molar-refractivity contribution in [1.82, 2.24) is 29.4 Å². The van der Waals surface area contributed by atoms with E-state index in [0.29, 0.717) is 36.5 Å². The van der Waals surface area contributed by atoms with Crippen LogP contribution in [-0.2, 0) is 19.5 Å². The molecule has 1 N–H and O–H groups in total. The largest absolute Gasteiger partial charge is 0.306 e. The van der Waals surface area contributed by atoms with Crippen LogP contribution in [-0.4, -0.2) is 41.9 Å². The summed E-state index contributed by atoms with van der Waals surface area (Å²) in [5.74, 6) is 0.483. The van der Waals surface area contributed by atoms with Crippen molar-refractivity contribution < 1.29 is 4.79 Å². The van der Waals surface area contributed by atoms with Gasteiger partial charge < -0.3 is 4.98 Å². The molecule has 5 rings (SSSR count). The Morgan fingerprint density at radius 1 is 1.20 bits per heavy atom. The summed E-state index contributed by atoms with van der Waals surface area (Å²) in [6.45, 7) is 3.53. The predicted octanol–water partition coefficient (Wildman–Crippen LogP) is 2.40. The van der Waals surface area contributed by atoms with Crippen molar-refractivity contribution in [2.45, 2.75) is 26.4 Å². The van der Waals surface area contributed by atoms with Gasteiger partial charge in [0.05, 0.1) is 22.3 Å². The van der Waals surface area contributed by atoms with Crippen molar-refractivity contribution in [3.63, 3.8) is 0 Å². The smallest absolute Gasteiger partial charge is 0.255 e. The number of carbonyl (C=O) groups excluding carboxylic acids is 1. The summed E-state index contributed by atoms with van der Waals surface area (Å²) in [5.41, 5.74) is 4.06. The highest BCUT2D eigenvalue weighted by Crippen LogP contribution is 2.25. The molecule has 0 fully saturated rings. The Labute approximate surface area is 172 Å². The molecule has 0 atom stereocenters. The molecule has 1 aromatic carbocycles. The highest BCUT2D eigenvalue weighted by molar-refractivity contribution is 5.93. The summed E-state index contributed by atoms with van der Waals surface area (Å²) in [5, 5.41) is 1.06. The van der Waals surface area contributed by atoms with Crippen LogP contribution in [0.3, 0.4) is 0 Å². The minimum absolute atomic E-state index is 0.0143. The molecular formula is C22H20N6O2. The molecule has 0 spiro atoms. The van der Waals surface area contributed by atoms with E-state index in [1.165, 1.54) is 6.33 Å². The van der Waals surface area contributed by atoms with Crippen LogP contribution in [0.1, 0.15) is 28.5 Å². The fraction of sp³-hybridized carbons (Fsp3) is 0.227. The van der Waals surface area contributed by atoms with Gasteiger partial charge in [-0.2, -0.15) is 0 Å². The molecule has 3 aromatic heterocycles. The molecule has 1 aliphatic heterocycles. The SMILES string of the molecule is CC(=O)n1cc(CN2CCc3nc(-c4cncnc4)[nH]c(=O)c3C2)c2ccccc21. The normalized spacial score (nSPS) is 14.0. The number of nitrogens with one attached hydrogen (secondary N) is 1. The lowest BCUT2D eigenvalue weighted by atomic mass is 10.1. The molecule has 150 valence electrons. The average Bonchev–Trinajstić information content (AvgIpc) is 3.13. The first-order valence-electron chi connectivity index (χ1n) is 9.80. The number of benzene rings is 1. The van der Waals surface area contributed by atoms with Gasteiger partial charge in [-0.05, 0) is 11.6 Å². The molecular weight excluding hydrogens is 380 g/mol. The number of H-pyrrole nitrogens is 1. The molecule has 0 saturated heterocycles. The van der Waals surface area contributed by atoms with E-state index in [2.05, 4.69) is 24.8 Å². The van der Waals surface area contributed by atoms with Gasteiger partial charge in [0.15, 0.2) is 0 Å². The standard InChI is InChI=1S/C22H20N6O2/c1-14(29)28-11-16(17-4-2-3-5-20(17)28)10-27-7-6-19-18(12-27)22(30)26-21(25-19)15-8-23-13-24-9-15/h2-5,8-9,11,13H,6-7,10,12H2,1H3,(H,25,26,30). The van der Waals surface area contributed by atoms with Gasteiger partial charge in [-0.15, -0.1) is 0 Å². The second-order valence-electron chi connectivity index (χ2n) is 7.49. The summed E-state index contributed by atoms with van der Waals surface area (Å²) >= 11 is 0. The lowest BCUT2D eigenvalue weighted by Gasteiger charge is -2.27. The maximum absolute atomic E-state index is 12.7. The Bertz CT molecular complexity index is 1310. The minimum Gasteiger partial charge on any atom is -0.306 e. The lowest BCUT2D eigenvalue weighted by Crippen LogP contribution is -2.35. The topological polar surface area (TPSA) is 96.8 Å². The molecule has 8 heteroatoms. The van der Waals surface area contributed by atoms with Crippen LogP contribution in [0.15, 0.2) is 54.0 Å². The molecule has 4 aromatic rings. The van der Waals surface area contributed by atoms with Crippen LogP contribution in [0.5, 0.6) is 0 Å². The van der Waals surface area contributed by atoms with Crippen molar-refractivity contribution in [2.75, 3.05) is 6.54 Å². The second kappa shape index (κ2) is 7.31.